The molecule has 0 bridgehead atoms. The molecule has 0 aliphatic rings. The Hall–Kier alpha value is -3.54. The van der Waals surface area contributed by atoms with Crippen molar-refractivity contribution in [2.45, 2.75) is 6.42 Å². The van der Waals surface area contributed by atoms with Gasteiger partial charge in [-0.15, -0.1) is 0 Å². The van der Waals surface area contributed by atoms with Gasteiger partial charge in [0.15, 0.2) is 0 Å². The molecule has 3 rings (SSSR count). The number of rotatable bonds is 5. The van der Waals surface area contributed by atoms with Crippen molar-refractivity contribution in [1.29, 1.82) is 0 Å². The second-order valence-electron chi connectivity index (χ2n) is 5.64. The predicted octanol–water partition coefficient (Wildman–Crippen LogP) is 2.88. The summed E-state index contributed by atoms with van der Waals surface area (Å²) in [7, 11) is 1.32. The summed E-state index contributed by atoms with van der Waals surface area (Å²) in [5.41, 5.74) is 1.36. The maximum atomic E-state index is 12.8. The number of esters is 1. The van der Waals surface area contributed by atoms with E-state index >= 15 is 0 Å². The predicted molar refractivity (Wildman–Crippen MR) is 94.3 cm³/mol. The number of nitrogens with zero attached hydrogens (tertiary/aromatic N) is 1. The lowest BCUT2D eigenvalue weighted by Crippen LogP contribution is -2.09. The monoisotopic (exact) mass is 349 g/mol. The number of hydrogen-bond acceptors (Lipinski definition) is 5. The number of ketones is 1. The van der Waals surface area contributed by atoms with Gasteiger partial charge in [-0.1, -0.05) is 36.4 Å². The Balaban J connectivity index is 2.05. The zero-order valence-corrected chi connectivity index (χ0v) is 13.9. The van der Waals surface area contributed by atoms with E-state index in [-0.39, 0.29) is 29.4 Å². The van der Waals surface area contributed by atoms with Crippen LogP contribution in [0.2, 0.25) is 0 Å². The van der Waals surface area contributed by atoms with Gasteiger partial charge in [0.05, 0.1) is 19.1 Å². The molecule has 0 amide bonds. The van der Waals surface area contributed by atoms with Crippen molar-refractivity contribution in [3.05, 3.63) is 77.1 Å². The largest absolute Gasteiger partial charge is 0.478 e. The van der Waals surface area contributed by atoms with Crippen LogP contribution in [0, 0.1) is 0 Å². The number of methoxy groups -OCH3 is 1. The van der Waals surface area contributed by atoms with Crippen LogP contribution in [0.25, 0.3) is 10.8 Å². The average molecular weight is 349 g/mol. The van der Waals surface area contributed by atoms with Gasteiger partial charge in [0, 0.05) is 17.1 Å². The van der Waals surface area contributed by atoms with Gasteiger partial charge in [0.25, 0.3) is 0 Å². The summed E-state index contributed by atoms with van der Waals surface area (Å²) < 4.78 is 4.70. The SMILES string of the molecule is COC(=O)Cc1cnc(C(=O)c2ccc(C(=O)O)cc2)c2ccccc12. The first-order chi connectivity index (χ1) is 12.5. The highest BCUT2D eigenvalue weighted by Gasteiger charge is 2.17. The molecule has 1 heterocycles. The summed E-state index contributed by atoms with van der Waals surface area (Å²) >= 11 is 0. The van der Waals surface area contributed by atoms with Gasteiger partial charge >= 0.3 is 11.9 Å². The zero-order chi connectivity index (χ0) is 18.7. The van der Waals surface area contributed by atoms with Crippen LogP contribution >= 0.6 is 0 Å². The summed E-state index contributed by atoms with van der Waals surface area (Å²) in [5.74, 6) is -1.76. The van der Waals surface area contributed by atoms with E-state index < -0.39 is 5.97 Å². The number of hydrogen-bond donors (Lipinski definition) is 1. The molecule has 0 radical (unpaired) electrons. The Labute approximate surface area is 149 Å². The molecule has 2 aromatic carbocycles. The summed E-state index contributed by atoms with van der Waals surface area (Å²) in [4.78, 5) is 39.6. The lowest BCUT2D eigenvalue weighted by atomic mass is 9.98. The van der Waals surface area contributed by atoms with Crippen molar-refractivity contribution in [1.82, 2.24) is 4.98 Å². The smallest absolute Gasteiger partial charge is 0.335 e. The van der Waals surface area contributed by atoms with Gasteiger partial charge in [-0.05, 0) is 23.1 Å². The Morgan fingerprint density at radius 2 is 1.58 bits per heavy atom. The Morgan fingerprint density at radius 3 is 2.19 bits per heavy atom. The number of pyridine rings is 1. The molecular formula is C20H15NO5. The Kier molecular flexibility index (Phi) is 4.75. The minimum Gasteiger partial charge on any atom is -0.478 e. The molecule has 0 saturated heterocycles. The van der Waals surface area contributed by atoms with Gasteiger partial charge in [-0.3, -0.25) is 14.6 Å². The number of carbonyl (C=O) groups excluding carboxylic acids is 2. The average Bonchev–Trinajstić information content (AvgIpc) is 2.67. The zero-order valence-electron chi connectivity index (χ0n) is 13.9. The van der Waals surface area contributed by atoms with Crippen LogP contribution < -0.4 is 0 Å². The van der Waals surface area contributed by atoms with Crippen LogP contribution in [0.4, 0.5) is 0 Å². The molecule has 130 valence electrons. The summed E-state index contributed by atoms with van der Waals surface area (Å²) in [6.07, 6.45) is 1.56. The van der Waals surface area contributed by atoms with Crippen molar-refractivity contribution in [2.24, 2.45) is 0 Å². The first-order valence-electron chi connectivity index (χ1n) is 7.82. The second-order valence-corrected chi connectivity index (χ2v) is 5.64. The molecule has 0 spiro atoms. The van der Waals surface area contributed by atoms with Gasteiger partial charge in [-0.25, -0.2) is 4.79 Å². The van der Waals surface area contributed by atoms with E-state index in [0.717, 1.165) is 5.39 Å². The van der Waals surface area contributed by atoms with Crippen LogP contribution in [0.1, 0.15) is 32.0 Å². The summed E-state index contributed by atoms with van der Waals surface area (Å²) in [5, 5.41) is 10.3. The molecule has 1 aromatic heterocycles. The molecule has 3 aromatic rings. The van der Waals surface area contributed by atoms with Gasteiger partial charge in [0.2, 0.25) is 5.78 Å². The van der Waals surface area contributed by atoms with Gasteiger partial charge < -0.3 is 9.84 Å². The third-order valence-corrected chi connectivity index (χ3v) is 4.05. The number of carboxylic acid groups (broad SMARTS) is 1. The Morgan fingerprint density at radius 1 is 0.962 bits per heavy atom. The fourth-order valence-electron chi connectivity index (χ4n) is 2.70. The molecule has 0 aliphatic carbocycles. The highest BCUT2D eigenvalue weighted by molar-refractivity contribution is 6.15. The highest BCUT2D eigenvalue weighted by atomic mass is 16.5. The normalized spacial score (nSPS) is 10.5. The number of fused-ring (bicyclic) bond motifs is 1. The number of aromatic carboxylic acids is 1. The maximum absolute atomic E-state index is 12.8. The van der Waals surface area contributed by atoms with Crippen LogP contribution in [0.5, 0.6) is 0 Å². The fourth-order valence-corrected chi connectivity index (χ4v) is 2.70. The highest BCUT2D eigenvalue weighted by Crippen LogP contribution is 2.24. The second kappa shape index (κ2) is 7.14. The van der Waals surface area contributed by atoms with E-state index in [0.29, 0.717) is 16.5 Å². The molecule has 0 unspecified atom stereocenters. The van der Waals surface area contributed by atoms with Crippen LogP contribution in [0.15, 0.2) is 54.7 Å². The van der Waals surface area contributed by atoms with Crippen molar-refractivity contribution >= 4 is 28.5 Å². The molecule has 26 heavy (non-hydrogen) atoms. The minimum absolute atomic E-state index is 0.0613. The molecule has 0 aliphatic heterocycles. The van der Waals surface area contributed by atoms with Crippen molar-refractivity contribution in [3.63, 3.8) is 0 Å². The minimum atomic E-state index is -1.06. The third-order valence-electron chi connectivity index (χ3n) is 4.05. The fraction of sp³-hybridized carbons (Fsp3) is 0.100. The van der Waals surface area contributed by atoms with E-state index in [1.807, 2.05) is 12.1 Å². The van der Waals surface area contributed by atoms with E-state index in [1.54, 1.807) is 12.1 Å². The van der Waals surface area contributed by atoms with Gasteiger partial charge in [0.1, 0.15) is 5.69 Å². The number of carboxylic acids is 1. The molecule has 0 fully saturated rings. The summed E-state index contributed by atoms with van der Waals surface area (Å²) in [6, 6.07) is 12.9. The van der Waals surface area contributed by atoms with E-state index in [1.165, 1.54) is 37.6 Å². The standard InChI is InChI=1S/C20H15NO5/c1-26-17(22)10-14-11-21-18(16-5-3-2-4-15(14)16)19(23)12-6-8-13(9-7-12)20(24)25/h2-9,11H,10H2,1H3,(H,24,25). The van der Waals surface area contributed by atoms with Crippen LogP contribution in [-0.4, -0.2) is 34.9 Å². The molecular weight excluding hydrogens is 334 g/mol. The number of ether oxygens (including phenoxy) is 1. The lowest BCUT2D eigenvalue weighted by molar-refractivity contribution is -0.139. The quantitative estimate of drug-likeness (QED) is 0.562. The Bertz CT molecular complexity index is 1010. The van der Waals surface area contributed by atoms with Crippen molar-refractivity contribution < 1.29 is 24.2 Å². The lowest BCUT2D eigenvalue weighted by Gasteiger charge is -2.09. The first kappa shape index (κ1) is 17.3. The molecule has 6 nitrogen and oxygen atoms in total. The van der Waals surface area contributed by atoms with Crippen molar-refractivity contribution in [3.8, 4) is 0 Å². The first-order valence-corrected chi connectivity index (χ1v) is 7.82. The number of carbonyl (C=O) groups is 3. The summed E-state index contributed by atoms with van der Waals surface area (Å²) in [6.45, 7) is 0. The number of aromatic nitrogens is 1. The van der Waals surface area contributed by atoms with E-state index in [2.05, 4.69) is 4.98 Å². The topological polar surface area (TPSA) is 93.6 Å². The molecule has 0 atom stereocenters. The van der Waals surface area contributed by atoms with Crippen LogP contribution in [-0.2, 0) is 16.0 Å². The molecule has 0 saturated carbocycles. The van der Waals surface area contributed by atoms with E-state index in [9.17, 15) is 14.4 Å². The van der Waals surface area contributed by atoms with Crippen LogP contribution in [0.3, 0.4) is 0 Å². The molecule has 6 heteroatoms. The third kappa shape index (κ3) is 3.30. The number of benzene rings is 2. The maximum Gasteiger partial charge on any atom is 0.335 e. The van der Waals surface area contributed by atoms with Gasteiger partial charge in [-0.2, -0.15) is 0 Å². The molecule has 1 N–H and O–H groups in total. The van der Waals surface area contributed by atoms with Crippen molar-refractivity contribution in [2.75, 3.05) is 7.11 Å². The van der Waals surface area contributed by atoms with E-state index in [4.69, 9.17) is 9.84 Å².